The highest BCUT2D eigenvalue weighted by molar-refractivity contribution is 7.13. The molecule has 0 aliphatic carbocycles. The summed E-state index contributed by atoms with van der Waals surface area (Å²) in [7, 11) is 0. The van der Waals surface area contributed by atoms with E-state index in [4.69, 9.17) is 11.6 Å². The number of carbonyl (C=O) groups is 1. The van der Waals surface area contributed by atoms with Crippen LogP contribution >= 0.6 is 22.9 Å². The highest BCUT2D eigenvalue weighted by atomic mass is 35.5. The van der Waals surface area contributed by atoms with Gasteiger partial charge in [-0.15, -0.1) is 11.3 Å². The zero-order valence-corrected chi connectivity index (χ0v) is 16.2. The molecule has 7 heteroatoms. The molecular weight excluding hydrogens is 380 g/mol. The number of thiazole rings is 1. The SMILES string of the molecule is CCn1cc(-c2nc(CC(=O)Nc3cccc(Cl)c3)cs2)c2cccnc21. The van der Waals surface area contributed by atoms with Gasteiger partial charge in [-0.2, -0.15) is 0 Å². The maximum Gasteiger partial charge on any atom is 0.230 e. The van der Waals surface area contributed by atoms with Crippen LogP contribution in [0.1, 0.15) is 12.6 Å². The molecule has 0 spiro atoms. The molecule has 27 heavy (non-hydrogen) atoms. The standard InChI is InChI=1S/C20H17ClN4OS/c1-2-25-11-17(16-7-4-8-22-19(16)25)20-24-15(12-27-20)10-18(26)23-14-6-3-5-13(21)9-14/h3-9,11-12H,2,10H2,1H3,(H,23,26). The van der Waals surface area contributed by atoms with Gasteiger partial charge in [-0.25, -0.2) is 9.97 Å². The number of fused-ring (bicyclic) bond motifs is 1. The van der Waals surface area contributed by atoms with Gasteiger partial charge < -0.3 is 9.88 Å². The minimum absolute atomic E-state index is 0.119. The molecular formula is C20H17ClN4OS. The second-order valence-corrected chi connectivity index (χ2v) is 7.38. The number of hydrogen-bond acceptors (Lipinski definition) is 4. The van der Waals surface area contributed by atoms with Crippen LogP contribution in [0.4, 0.5) is 5.69 Å². The minimum atomic E-state index is -0.119. The third-order valence-electron chi connectivity index (χ3n) is 4.21. The first-order valence-electron chi connectivity index (χ1n) is 8.58. The Bertz CT molecular complexity index is 1120. The van der Waals surface area contributed by atoms with E-state index < -0.39 is 0 Å². The Hall–Kier alpha value is -2.70. The van der Waals surface area contributed by atoms with Crippen LogP contribution in [-0.4, -0.2) is 20.4 Å². The van der Waals surface area contributed by atoms with Crippen LogP contribution in [0.25, 0.3) is 21.6 Å². The number of aryl methyl sites for hydroxylation is 1. The Balaban J connectivity index is 1.55. The quantitative estimate of drug-likeness (QED) is 0.515. The summed E-state index contributed by atoms with van der Waals surface area (Å²) < 4.78 is 2.11. The lowest BCUT2D eigenvalue weighted by Crippen LogP contribution is -2.14. The van der Waals surface area contributed by atoms with Crippen LogP contribution in [0.15, 0.2) is 54.2 Å². The number of carbonyl (C=O) groups excluding carboxylic acids is 1. The number of nitrogens with zero attached hydrogens (tertiary/aromatic N) is 3. The maximum absolute atomic E-state index is 12.3. The van der Waals surface area contributed by atoms with Crippen molar-refractivity contribution in [2.24, 2.45) is 0 Å². The molecule has 1 amide bonds. The predicted molar refractivity (Wildman–Crippen MR) is 110 cm³/mol. The summed E-state index contributed by atoms with van der Waals surface area (Å²) in [5.41, 5.74) is 3.42. The van der Waals surface area contributed by atoms with Gasteiger partial charge >= 0.3 is 0 Å². The fourth-order valence-electron chi connectivity index (χ4n) is 2.98. The number of rotatable bonds is 5. The molecule has 0 bridgehead atoms. The fraction of sp³-hybridized carbons (Fsp3) is 0.150. The normalized spacial score (nSPS) is 11.0. The van der Waals surface area contributed by atoms with Crippen molar-refractivity contribution in [2.45, 2.75) is 19.9 Å². The Morgan fingerprint density at radius 2 is 2.19 bits per heavy atom. The molecule has 0 atom stereocenters. The van der Waals surface area contributed by atoms with E-state index in [1.807, 2.05) is 17.5 Å². The first-order valence-corrected chi connectivity index (χ1v) is 9.84. The van der Waals surface area contributed by atoms with Crippen LogP contribution in [0.2, 0.25) is 5.02 Å². The molecule has 3 aromatic heterocycles. The van der Waals surface area contributed by atoms with Crippen molar-refractivity contribution < 1.29 is 4.79 Å². The van der Waals surface area contributed by atoms with Gasteiger partial charge in [0.1, 0.15) is 10.7 Å². The zero-order chi connectivity index (χ0) is 18.8. The number of hydrogen-bond donors (Lipinski definition) is 1. The van der Waals surface area contributed by atoms with E-state index in [-0.39, 0.29) is 12.3 Å². The lowest BCUT2D eigenvalue weighted by molar-refractivity contribution is -0.115. The first-order chi connectivity index (χ1) is 13.1. The van der Waals surface area contributed by atoms with E-state index in [2.05, 4.69) is 39.0 Å². The number of anilines is 1. The summed E-state index contributed by atoms with van der Waals surface area (Å²) in [6, 6.07) is 11.1. The van der Waals surface area contributed by atoms with Crippen molar-refractivity contribution >= 4 is 45.6 Å². The van der Waals surface area contributed by atoms with E-state index in [1.54, 1.807) is 24.4 Å². The Morgan fingerprint density at radius 1 is 1.30 bits per heavy atom. The molecule has 4 aromatic rings. The number of halogens is 1. The van der Waals surface area contributed by atoms with Crippen LogP contribution in [-0.2, 0) is 17.8 Å². The second kappa shape index (κ2) is 7.50. The lowest BCUT2D eigenvalue weighted by Gasteiger charge is -2.04. The molecule has 1 N–H and O–H groups in total. The molecule has 3 heterocycles. The first kappa shape index (κ1) is 17.7. The van der Waals surface area contributed by atoms with Crippen molar-refractivity contribution in [3.63, 3.8) is 0 Å². The zero-order valence-electron chi connectivity index (χ0n) is 14.6. The fourth-order valence-corrected chi connectivity index (χ4v) is 4.02. The molecule has 0 saturated heterocycles. The molecule has 5 nitrogen and oxygen atoms in total. The summed E-state index contributed by atoms with van der Waals surface area (Å²) in [6.45, 7) is 2.93. The largest absolute Gasteiger partial charge is 0.332 e. The maximum atomic E-state index is 12.3. The highest BCUT2D eigenvalue weighted by Crippen LogP contribution is 2.32. The summed E-state index contributed by atoms with van der Waals surface area (Å²) in [4.78, 5) is 21.4. The monoisotopic (exact) mass is 396 g/mol. The van der Waals surface area contributed by atoms with E-state index in [9.17, 15) is 4.79 Å². The predicted octanol–water partition coefficient (Wildman–Crippen LogP) is 5.01. The van der Waals surface area contributed by atoms with E-state index in [0.717, 1.165) is 33.8 Å². The lowest BCUT2D eigenvalue weighted by atomic mass is 10.2. The smallest absolute Gasteiger partial charge is 0.230 e. The van der Waals surface area contributed by atoms with Gasteiger partial charge in [0.2, 0.25) is 5.91 Å². The van der Waals surface area contributed by atoms with Crippen molar-refractivity contribution in [1.82, 2.24) is 14.5 Å². The van der Waals surface area contributed by atoms with E-state index >= 15 is 0 Å². The molecule has 0 fully saturated rings. The number of amides is 1. The van der Waals surface area contributed by atoms with Gasteiger partial charge in [0.05, 0.1) is 12.1 Å². The molecule has 136 valence electrons. The number of benzene rings is 1. The van der Waals surface area contributed by atoms with Gasteiger partial charge in [0.25, 0.3) is 0 Å². The average molecular weight is 397 g/mol. The Morgan fingerprint density at radius 3 is 3.00 bits per heavy atom. The van der Waals surface area contributed by atoms with Crippen LogP contribution in [0, 0.1) is 0 Å². The minimum Gasteiger partial charge on any atom is -0.332 e. The molecule has 0 aliphatic heterocycles. The summed E-state index contributed by atoms with van der Waals surface area (Å²) in [5, 5.41) is 7.33. The van der Waals surface area contributed by atoms with Crippen molar-refractivity contribution in [3.8, 4) is 10.6 Å². The summed E-state index contributed by atoms with van der Waals surface area (Å²) in [6.07, 6.45) is 4.09. The van der Waals surface area contributed by atoms with Gasteiger partial charge in [-0.3, -0.25) is 4.79 Å². The van der Waals surface area contributed by atoms with Gasteiger partial charge in [0.15, 0.2) is 0 Å². The molecule has 0 unspecified atom stereocenters. The van der Waals surface area contributed by atoms with E-state index in [0.29, 0.717) is 10.7 Å². The summed E-state index contributed by atoms with van der Waals surface area (Å²) in [5.74, 6) is -0.119. The Kier molecular flexibility index (Phi) is 4.92. The highest BCUT2D eigenvalue weighted by Gasteiger charge is 2.15. The number of aromatic nitrogens is 3. The molecule has 4 rings (SSSR count). The molecule has 0 saturated carbocycles. The van der Waals surface area contributed by atoms with E-state index in [1.165, 1.54) is 11.3 Å². The van der Waals surface area contributed by atoms with Crippen LogP contribution < -0.4 is 5.32 Å². The number of pyridine rings is 1. The third kappa shape index (κ3) is 3.72. The average Bonchev–Trinajstić information content (AvgIpc) is 3.25. The second-order valence-electron chi connectivity index (χ2n) is 6.08. The van der Waals surface area contributed by atoms with Crippen molar-refractivity contribution in [3.05, 3.63) is 64.9 Å². The van der Waals surface area contributed by atoms with Gasteiger partial charge in [-0.05, 0) is 37.3 Å². The molecule has 0 aliphatic rings. The molecule has 0 radical (unpaired) electrons. The van der Waals surface area contributed by atoms with Crippen molar-refractivity contribution in [2.75, 3.05) is 5.32 Å². The Labute approximate surface area is 165 Å². The topological polar surface area (TPSA) is 59.8 Å². The van der Waals surface area contributed by atoms with Crippen LogP contribution in [0.5, 0.6) is 0 Å². The molecule has 1 aromatic carbocycles. The van der Waals surface area contributed by atoms with Crippen molar-refractivity contribution in [1.29, 1.82) is 0 Å². The van der Waals surface area contributed by atoms with Gasteiger partial charge in [-0.1, -0.05) is 17.7 Å². The van der Waals surface area contributed by atoms with Gasteiger partial charge in [0, 0.05) is 46.0 Å². The number of nitrogens with one attached hydrogen (secondary N) is 1. The summed E-state index contributed by atoms with van der Waals surface area (Å²) >= 11 is 7.49. The van der Waals surface area contributed by atoms with Crippen LogP contribution in [0.3, 0.4) is 0 Å². The third-order valence-corrected chi connectivity index (χ3v) is 5.37.